The number of methoxy groups -OCH3 is 1. The third kappa shape index (κ3) is 4.35. The van der Waals surface area contributed by atoms with Crippen LogP contribution in [0.1, 0.15) is 70.2 Å². The van der Waals surface area contributed by atoms with Crippen molar-refractivity contribution < 1.29 is 29.3 Å². The molecule has 9 atom stereocenters. The van der Waals surface area contributed by atoms with Crippen LogP contribution in [0.2, 0.25) is 5.02 Å². The van der Waals surface area contributed by atoms with Crippen molar-refractivity contribution in [3.05, 3.63) is 40.6 Å². The van der Waals surface area contributed by atoms with Crippen LogP contribution in [-0.2, 0) is 14.3 Å². The molecule has 0 radical (unpaired) electrons. The number of halogens is 1. The lowest BCUT2D eigenvalue weighted by atomic mass is 9.39. The molecule has 2 unspecified atom stereocenters. The molecule has 1 aromatic carbocycles. The van der Waals surface area contributed by atoms with Crippen LogP contribution < -0.4 is 5.32 Å². The number of carbonyl (C=O) groups excluding carboxylic acids is 2. The highest BCUT2D eigenvalue weighted by Crippen LogP contribution is 2.69. The largest absolute Gasteiger partial charge is 0.515 e. The summed E-state index contributed by atoms with van der Waals surface area (Å²) in [5.41, 5.74) is -0.332. The van der Waals surface area contributed by atoms with Crippen molar-refractivity contribution in [2.45, 2.75) is 77.6 Å². The molecule has 3 fully saturated rings. The topological polar surface area (TPSA) is 105 Å². The lowest BCUT2D eigenvalue weighted by Gasteiger charge is -2.67. The minimum absolute atomic E-state index is 0.0474. The van der Waals surface area contributed by atoms with E-state index in [4.69, 9.17) is 21.1 Å². The van der Waals surface area contributed by atoms with Gasteiger partial charge in [-0.1, -0.05) is 32.4 Å². The minimum atomic E-state index is -1.11. The molecule has 7 nitrogen and oxygen atoms in total. The molecule has 3 aliphatic rings. The van der Waals surface area contributed by atoms with Gasteiger partial charge in [-0.2, -0.15) is 0 Å². The highest BCUT2D eigenvalue weighted by molar-refractivity contribution is 6.31. The smallest absolute Gasteiger partial charge is 0.340 e. The SMILES string of the molecule is CNc1ccc(Cl)cc1C(=O)O[C@@]1(C)C2CC[C@]3(C)C(C[C@H](OC)[C@@H](C)[C@@H]3/C(C=O)=C/O)[C@@]2(C)CC[C@@H]1O. The number of allylic oxidation sites excluding steroid dienone is 1. The average Bonchev–Trinajstić information content (AvgIpc) is 2.88. The van der Waals surface area contributed by atoms with Gasteiger partial charge in [-0.05, 0) is 79.9 Å². The van der Waals surface area contributed by atoms with E-state index < -0.39 is 17.7 Å². The van der Waals surface area contributed by atoms with Crippen LogP contribution in [0.25, 0.3) is 0 Å². The molecule has 0 heterocycles. The number of fused-ring (bicyclic) bond motifs is 3. The Morgan fingerprint density at radius 3 is 2.45 bits per heavy atom. The molecular weight excluding hydrogens is 506 g/mol. The maximum absolute atomic E-state index is 13.6. The van der Waals surface area contributed by atoms with Gasteiger partial charge in [-0.25, -0.2) is 4.79 Å². The molecule has 4 rings (SSSR count). The number of ether oxygens (including phenoxy) is 2. The van der Waals surface area contributed by atoms with E-state index in [1.54, 1.807) is 32.4 Å². The zero-order valence-corrected chi connectivity index (χ0v) is 24.0. The number of rotatable bonds is 6. The summed E-state index contributed by atoms with van der Waals surface area (Å²) in [4.78, 5) is 25.6. The fourth-order valence-corrected chi connectivity index (χ4v) is 9.03. The first-order valence-corrected chi connectivity index (χ1v) is 14.0. The van der Waals surface area contributed by atoms with E-state index in [1.807, 2.05) is 6.92 Å². The lowest BCUT2D eigenvalue weighted by Crippen LogP contribution is -2.67. The Bertz CT molecular complexity index is 1110. The zero-order valence-electron chi connectivity index (χ0n) is 23.3. The van der Waals surface area contributed by atoms with Crippen LogP contribution in [0.4, 0.5) is 5.69 Å². The molecule has 0 aliphatic heterocycles. The number of aliphatic hydroxyl groups is 2. The summed E-state index contributed by atoms with van der Waals surface area (Å²) in [5.74, 6) is -0.628. The number of hydrogen-bond acceptors (Lipinski definition) is 7. The Morgan fingerprint density at radius 1 is 1.16 bits per heavy atom. The van der Waals surface area contributed by atoms with Gasteiger partial charge in [0.25, 0.3) is 0 Å². The molecular formula is C30H42ClNO6. The van der Waals surface area contributed by atoms with E-state index in [0.29, 0.717) is 28.3 Å². The van der Waals surface area contributed by atoms with E-state index in [1.165, 1.54) is 0 Å². The molecule has 3 N–H and O–H groups in total. The van der Waals surface area contributed by atoms with Crippen LogP contribution in [0.5, 0.6) is 0 Å². The average molecular weight is 548 g/mol. The second-order valence-electron chi connectivity index (χ2n) is 12.3. The number of aliphatic hydroxyl groups excluding tert-OH is 2. The Kier molecular flexibility index (Phi) is 7.97. The molecule has 0 amide bonds. The van der Waals surface area contributed by atoms with Crippen molar-refractivity contribution in [3.63, 3.8) is 0 Å². The van der Waals surface area contributed by atoms with Gasteiger partial charge in [0.05, 0.1) is 24.0 Å². The summed E-state index contributed by atoms with van der Waals surface area (Å²) in [6, 6.07) is 5.04. The molecule has 0 aromatic heterocycles. The molecule has 3 aliphatic carbocycles. The summed E-state index contributed by atoms with van der Waals surface area (Å²) >= 11 is 6.21. The highest BCUT2D eigenvalue weighted by atomic mass is 35.5. The summed E-state index contributed by atoms with van der Waals surface area (Å²) in [6.45, 7) is 8.45. The molecule has 0 spiro atoms. The Labute approximate surface area is 230 Å². The van der Waals surface area contributed by atoms with Crippen molar-refractivity contribution in [3.8, 4) is 0 Å². The molecule has 0 saturated heterocycles. The van der Waals surface area contributed by atoms with Gasteiger partial charge >= 0.3 is 5.97 Å². The van der Waals surface area contributed by atoms with Crippen LogP contribution in [0.3, 0.4) is 0 Å². The van der Waals surface area contributed by atoms with Crippen molar-refractivity contribution in [2.24, 2.45) is 34.5 Å². The molecule has 210 valence electrons. The van der Waals surface area contributed by atoms with Gasteiger partial charge < -0.3 is 25.0 Å². The number of aldehydes is 1. The number of nitrogens with one attached hydrogen (secondary N) is 1. The van der Waals surface area contributed by atoms with Crippen molar-refractivity contribution in [1.29, 1.82) is 0 Å². The predicted molar refractivity (Wildman–Crippen MR) is 147 cm³/mol. The van der Waals surface area contributed by atoms with Crippen molar-refractivity contribution in [1.82, 2.24) is 0 Å². The van der Waals surface area contributed by atoms with Crippen molar-refractivity contribution in [2.75, 3.05) is 19.5 Å². The standard InChI is InChI=1S/C30H42ClNO6/c1-17-22(37-6)14-24-28(2)12-10-25(35)30(4,38-27(36)20-13-19(31)7-8-21(20)32-5)23(28)9-11-29(24,3)26(17)18(15-33)16-34/h7-8,13,15-17,22-26,32-33,35H,9-12,14H2,1-6H3/b18-15+/t17-,22+,23?,24?,25+,26-,28+,29-,30+/m1/s1. The maximum atomic E-state index is 13.6. The van der Waals surface area contributed by atoms with Gasteiger partial charge in [0.1, 0.15) is 11.9 Å². The van der Waals surface area contributed by atoms with Gasteiger partial charge in [0.15, 0.2) is 0 Å². The number of benzene rings is 1. The highest BCUT2D eigenvalue weighted by Gasteiger charge is 2.67. The normalized spacial score (nSPS) is 41.0. The third-order valence-electron chi connectivity index (χ3n) is 10.7. The van der Waals surface area contributed by atoms with E-state index in [2.05, 4.69) is 26.1 Å². The van der Waals surface area contributed by atoms with E-state index in [-0.39, 0.29) is 40.6 Å². The second kappa shape index (κ2) is 10.5. The van der Waals surface area contributed by atoms with E-state index in [9.17, 15) is 19.8 Å². The molecule has 0 bridgehead atoms. The Morgan fingerprint density at radius 2 is 1.84 bits per heavy atom. The van der Waals surface area contributed by atoms with E-state index >= 15 is 0 Å². The number of esters is 1. The molecule has 1 aromatic rings. The summed E-state index contributed by atoms with van der Waals surface area (Å²) in [5, 5.41) is 24.8. The van der Waals surface area contributed by atoms with Crippen molar-refractivity contribution >= 4 is 29.5 Å². The maximum Gasteiger partial charge on any atom is 0.340 e. The first-order valence-electron chi connectivity index (χ1n) is 13.6. The number of anilines is 1. The van der Waals surface area contributed by atoms with Crippen LogP contribution in [-0.4, -0.2) is 54.4 Å². The summed E-state index contributed by atoms with van der Waals surface area (Å²) in [7, 11) is 3.44. The van der Waals surface area contributed by atoms with Gasteiger partial charge in [-0.3, -0.25) is 4.79 Å². The molecule has 38 heavy (non-hydrogen) atoms. The molecule has 8 heteroatoms. The zero-order chi connectivity index (χ0) is 28.0. The van der Waals surface area contributed by atoms with Gasteiger partial charge in [0, 0.05) is 42.3 Å². The summed E-state index contributed by atoms with van der Waals surface area (Å²) < 4.78 is 12.2. The van der Waals surface area contributed by atoms with Crippen LogP contribution in [0, 0.1) is 34.5 Å². The van der Waals surface area contributed by atoms with Crippen LogP contribution >= 0.6 is 11.6 Å². The first-order chi connectivity index (χ1) is 17.9. The third-order valence-corrected chi connectivity index (χ3v) is 10.9. The van der Waals surface area contributed by atoms with Gasteiger partial charge in [0.2, 0.25) is 0 Å². The lowest BCUT2D eigenvalue weighted by molar-refractivity contribution is -0.239. The fraction of sp³-hybridized carbons (Fsp3) is 0.667. The Hall–Kier alpha value is -2.09. The minimum Gasteiger partial charge on any atom is -0.515 e. The number of hydrogen-bond donors (Lipinski definition) is 3. The quantitative estimate of drug-likeness (QED) is 0.179. The molecule has 3 saturated carbocycles. The second-order valence-corrected chi connectivity index (χ2v) is 12.8. The number of carbonyl (C=O) groups is 2. The Balaban J connectivity index is 1.75. The summed E-state index contributed by atoms with van der Waals surface area (Å²) in [6.07, 6.45) is 4.38. The van der Waals surface area contributed by atoms with E-state index in [0.717, 1.165) is 38.2 Å². The predicted octanol–water partition coefficient (Wildman–Crippen LogP) is 5.80. The monoisotopic (exact) mass is 547 g/mol. The fourth-order valence-electron chi connectivity index (χ4n) is 8.86. The van der Waals surface area contributed by atoms with Gasteiger partial charge in [-0.15, -0.1) is 0 Å². The van der Waals surface area contributed by atoms with Crippen LogP contribution in [0.15, 0.2) is 30.0 Å². The first kappa shape index (κ1) is 28.9.